The van der Waals surface area contributed by atoms with Crippen molar-refractivity contribution in [2.45, 2.75) is 38.1 Å². The zero-order valence-corrected chi connectivity index (χ0v) is 9.59. The molecule has 14 heavy (non-hydrogen) atoms. The Morgan fingerprint density at radius 2 is 1.93 bits per heavy atom. The number of hydrogen-bond acceptors (Lipinski definition) is 3. The lowest BCUT2D eigenvalue weighted by Gasteiger charge is -2.44. The van der Waals surface area contributed by atoms with E-state index in [0.717, 1.165) is 13.0 Å². The van der Waals surface area contributed by atoms with Gasteiger partial charge in [0.25, 0.3) is 0 Å². The van der Waals surface area contributed by atoms with Crippen LogP contribution in [0, 0.1) is 0 Å². The zero-order valence-electron chi connectivity index (χ0n) is 9.59. The molecule has 1 heterocycles. The molecule has 0 bridgehead atoms. The van der Waals surface area contributed by atoms with Crippen LogP contribution < -0.4 is 5.73 Å². The molecule has 3 heteroatoms. The molecule has 1 saturated heterocycles. The van der Waals surface area contributed by atoms with Gasteiger partial charge in [-0.25, -0.2) is 0 Å². The van der Waals surface area contributed by atoms with Gasteiger partial charge in [0.05, 0.1) is 12.1 Å². The number of hydrogen-bond donors (Lipinski definition) is 1. The van der Waals surface area contributed by atoms with E-state index in [9.17, 15) is 0 Å². The lowest BCUT2D eigenvalue weighted by molar-refractivity contribution is 0.00108. The quantitative estimate of drug-likeness (QED) is 0.725. The van der Waals surface area contributed by atoms with Crippen LogP contribution in [0.2, 0.25) is 0 Å². The van der Waals surface area contributed by atoms with Gasteiger partial charge in [-0.3, -0.25) is 4.90 Å². The fraction of sp³-hybridized carbons (Fsp3) is 1.00. The van der Waals surface area contributed by atoms with Gasteiger partial charge in [-0.1, -0.05) is 13.3 Å². The maximum Gasteiger partial charge on any atom is 0.0658 e. The van der Waals surface area contributed by atoms with Gasteiger partial charge in [-0.05, 0) is 32.4 Å². The maximum absolute atomic E-state index is 5.91. The van der Waals surface area contributed by atoms with Crippen molar-refractivity contribution < 1.29 is 4.74 Å². The van der Waals surface area contributed by atoms with Crippen molar-refractivity contribution in [2.75, 3.05) is 33.4 Å². The van der Waals surface area contributed by atoms with Crippen LogP contribution in [0.3, 0.4) is 0 Å². The van der Waals surface area contributed by atoms with Crippen LogP contribution in [-0.4, -0.2) is 43.8 Å². The Kier molecular flexibility index (Phi) is 4.85. The molecule has 84 valence electrons. The summed E-state index contributed by atoms with van der Waals surface area (Å²) in [5, 5.41) is 0. The molecule has 0 radical (unpaired) electrons. The summed E-state index contributed by atoms with van der Waals surface area (Å²) in [7, 11) is 1.77. The Bertz CT molecular complexity index is 151. The van der Waals surface area contributed by atoms with Crippen LogP contribution in [-0.2, 0) is 4.74 Å². The summed E-state index contributed by atoms with van der Waals surface area (Å²) in [6.07, 6.45) is 5.07. The zero-order chi connectivity index (χ0) is 10.4. The van der Waals surface area contributed by atoms with E-state index in [0.29, 0.717) is 6.54 Å². The van der Waals surface area contributed by atoms with Crippen molar-refractivity contribution in [1.29, 1.82) is 0 Å². The first-order valence-electron chi connectivity index (χ1n) is 5.73. The van der Waals surface area contributed by atoms with Crippen LogP contribution in [0.15, 0.2) is 0 Å². The second-order valence-electron chi connectivity index (χ2n) is 4.26. The molecule has 3 nitrogen and oxygen atoms in total. The Morgan fingerprint density at radius 3 is 2.36 bits per heavy atom. The van der Waals surface area contributed by atoms with Crippen LogP contribution in [0.1, 0.15) is 32.6 Å². The van der Waals surface area contributed by atoms with E-state index in [1.807, 2.05) is 0 Å². The molecule has 0 amide bonds. The van der Waals surface area contributed by atoms with Crippen molar-refractivity contribution in [2.24, 2.45) is 5.73 Å². The lowest BCUT2D eigenvalue weighted by Crippen LogP contribution is -2.58. The largest absolute Gasteiger partial charge is 0.383 e. The number of nitrogens with two attached hydrogens (primary N) is 1. The minimum atomic E-state index is 0.0924. The lowest BCUT2D eigenvalue weighted by atomic mass is 9.92. The third-order valence-corrected chi connectivity index (χ3v) is 3.48. The second kappa shape index (κ2) is 5.69. The van der Waals surface area contributed by atoms with Gasteiger partial charge in [0.2, 0.25) is 0 Å². The van der Waals surface area contributed by atoms with E-state index in [1.54, 1.807) is 7.11 Å². The average Bonchev–Trinajstić information content (AvgIpc) is 2.27. The Hall–Kier alpha value is -0.120. The summed E-state index contributed by atoms with van der Waals surface area (Å²) < 4.78 is 5.32. The van der Waals surface area contributed by atoms with Crippen LogP contribution in [0.4, 0.5) is 0 Å². The van der Waals surface area contributed by atoms with E-state index in [1.165, 1.54) is 32.4 Å². The Balaban J connectivity index is 2.62. The Labute approximate surface area is 87.6 Å². The summed E-state index contributed by atoms with van der Waals surface area (Å²) in [6, 6.07) is 0. The van der Waals surface area contributed by atoms with Crippen LogP contribution in [0.25, 0.3) is 0 Å². The van der Waals surface area contributed by atoms with Gasteiger partial charge < -0.3 is 10.5 Å². The van der Waals surface area contributed by atoms with Crippen LogP contribution in [0.5, 0.6) is 0 Å². The number of methoxy groups -OCH3 is 1. The molecule has 2 N–H and O–H groups in total. The summed E-state index contributed by atoms with van der Waals surface area (Å²) in [6.45, 7) is 6.06. The SMILES string of the molecule is CCC(CN)(COC)N1CCCCC1. The third kappa shape index (κ3) is 2.47. The first kappa shape index (κ1) is 12.0. The van der Waals surface area contributed by atoms with Gasteiger partial charge >= 0.3 is 0 Å². The topological polar surface area (TPSA) is 38.5 Å². The Morgan fingerprint density at radius 1 is 1.29 bits per heavy atom. The number of likely N-dealkylation sites (tertiary alicyclic amines) is 1. The predicted octanol–water partition coefficient (Wildman–Crippen LogP) is 1.23. The highest BCUT2D eigenvalue weighted by molar-refractivity contribution is 4.91. The molecule has 0 saturated carbocycles. The molecule has 0 aromatic carbocycles. The maximum atomic E-state index is 5.91. The molecule has 0 spiro atoms. The van der Waals surface area contributed by atoms with E-state index in [-0.39, 0.29) is 5.54 Å². The molecule has 1 unspecified atom stereocenters. The molecule has 0 aromatic rings. The van der Waals surface area contributed by atoms with Crippen molar-refractivity contribution >= 4 is 0 Å². The first-order chi connectivity index (χ1) is 6.79. The van der Waals surface area contributed by atoms with E-state index in [2.05, 4.69) is 11.8 Å². The number of nitrogens with zero attached hydrogens (tertiary/aromatic N) is 1. The number of piperidine rings is 1. The number of ether oxygens (including phenoxy) is 1. The van der Waals surface area contributed by atoms with Gasteiger partial charge in [0.1, 0.15) is 0 Å². The monoisotopic (exact) mass is 200 g/mol. The first-order valence-corrected chi connectivity index (χ1v) is 5.73. The summed E-state index contributed by atoms with van der Waals surface area (Å²) >= 11 is 0. The standard InChI is InChI=1S/C11H24N2O/c1-3-11(9-12,10-14-2)13-7-5-4-6-8-13/h3-10,12H2,1-2H3. The summed E-state index contributed by atoms with van der Waals surface area (Å²) in [4.78, 5) is 2.53. The van der Waals surface area contributed by atoms with Crippen molar-refractivity contribution in [3.05, 3.63) is 0 Å². The van der Waals surface area contributed by atoms with Gasteiger partial charge in [0, 0.05) is 13.7 Å². The molecule has 0 aliphatic carbocycles. The highest BCUT2D eigenvalue weighted by Crippen LogP contribution is 2.23. The fourth-order valence-corrected chi connectivity index (χ4v) is 2.39. The van der Waals surface area contributed by atoms with E-state index < -0.39 is 0 Å². The highest BCUT2D eigenvalue weighted by Gasteiger charge is 2.34. The molecule has 0 aromatic heterocycles. The minimum Gasteiger partial charge on any atom is -0.383 e. The van der Waals surface area contributed by atoms with Crippen molar-refractivity contribution in [1.82, 2.24) is 4.90 Å². The number of rotatable bonds is 5. The molecule has 1 atom stereocenters. The molecule has 1 aliphatic heterocycles. The van der Waals surface area contributed by atoms with Crippen molar-refractivity contribution in [3.8, 4) is 0 Å². The van der Waals surface area contributed by atoms with Crippen LogP contribution >= 0.6 is 0 Å². The normalized spacial score (nSPS) is 23.4. The second-order valence-corrected chi connectivity index (χ2v) is 4.26. The highest BCUT2D eigenvalue weighted by atomic mass is 16.5. The van der Waals surface area contributed by atoms with E-state index >= 15 is 0 Å². The van der Waals surface area contributed by atoms with Crippen molar-refractivity contribution in [3.63, 3.8) is 0 Å². The average molecular weight is 200 g/mol. The smallest absolute Gasteiger partial charge is 0.0658 e. The van der Waals surface area contributed by atoms with E-state index in [4.69, 9.17) is 10.5 Å². The summed E-state index contributed by atoms with van der Waals surface area (Å²) in [5.74, 6) is 0. The molecular formula is C11H24N2O. The molecular weight excluding hydrogens is 176 g/mol. The fourth-order valence-electron chi connectivity index (χ4n) is 2.39. The molecule has 1 aliphatic rings. The predicted molar refractivity (Wildman–Crippen MR) is 59.4 cm³/mol. The van der Waals surface area contributed by atoms with Gasteiger partial charge in [-0.15, -0.1) is 0 Å². The molecule has 1 fully saturated rings. The third-order valence-electron chi connectivity index (χ3n) is 3.48. The van der Waals surface area contributed by atoms with Gasteiger partial charge in [0.15, 0.2) is 0 Å². The van der Waals surface area contributed by atoms with Gasteiger partial charge in [-0.2, -0.15) is 0 Å². The minimum absolute atomic E-state index is 0.0924. The summed E-state index contributed by atoms with van der Waals surface area (Å²) in [5.41, 5.74) is 6.01. The molecule has 1 rings (SSSR count).